The van der Waals surface area contributed by atoms with Crippen LogP contribution in [0.5, 0.6) is 17.2 Å². The van der Waals surface area contributed by atoms with Crippen LogP contribution in [0.25, 0.3) is 0 Å². The summed E-state index contributed by atoms with van der Waals surface area (Å²) in [6.45, 7) is 0.242. The van der Waals surface area contributed by atoms with E-state index in [1.165, 1.54) is 7.11 Å². The molecule has 150 valence electrons. The molecule has 0 aliphatic rings. The molecule has 0 amide bonds. The summed E-state index contributed by atoms with van der Waals surface area (Å²) in [6.07, 6.45) is 0.771. The Kier molecular flexibility index (Phi) is 8.14. The molecule has 0 heterocycles. The molecular formula is C21H24O7. The standard InChI is InChI=1S/C21H24O7/c1-24-19-10-8-15(11-20(19)25-2)7-9-18(28-14-22)16-5-4-6-17(12-16)27-13-21(23)26-3/h4-6,8,10-12,14,18H,7,9,13H2,1-3H3/t18-/m1/s1. The Hall–Kier alpha value is -3.22. The minimum Gasteiger partial charge on any atom is -0.493 e. The summed E-state index contributed by atoms with van der Waals surface area (Å²) in [7, 11) is 4.46. The van der Waals surface area contributed by atoms with E-state index in [0.29, 0.717) is 36.6 Å². The zero-order valence-corrected chi connectivity index (χ0v) is 16.2. The van der Waals surface area contributed by atoms with Gasteiger partial charge in [-0.25, -0.2) is 4.79 Å². The molecule has 2 rings (SSSR count). The average molecular weight is 388 g/mol. The number of rotatable bonds is 11. The highest BCUT2D eigenvalue weighted by Crippen LogP contribution is 2.30. The fourth-order valence-corrected chi connectivity index (χ4v) is 2.72. The highest BCUT2D eigenvalue weighted by molar-refractivity contribution is 5.70. The number of hydrogen-bond acceptors (Lipinski definition) is 7. The van der Waals surface area contributed by atoms with E-state index in [4.69, 9.17) is 18.9 Å². The molecule has 0 aliphatic heterocycles. The van der Waals surface area contributed by atoms with Crippen LogP contribution in [0.15, 0.2) is 42.5 Å². The lowest BCUT2D eigenvalue weighted by Crippen LogP contribution is -2.13. The van der Waals surface area contributed by atoms with Gasteiger partial charge in [-0.3, -0.25) is 4.79 Å². The molecular weight excluding hydrogens is 364 g/mol. The molecule has 0 saturated carbocycles. The zero-order valence-electron chi connectivity index (χ0n) is 16.2. The van der Waals surface area contributed by atoms with E-state index in [-0.39, 0.29) is 6.61 Å². The van der Waals surface area contributed by atoms with Crippen LogP contribution >= 0.6 is 0 Å². The third-order valence-electron chi connectivity index (χ3n) is 4.18. The van der Waals surface area contributed by atoms with E-state index in [1.807, 2.05) is 24.3 Å². The van der Waals surface area contributed by atoms with E-state index in [0.717, 1.165) is 11.1 Å². The van der Waals surface area contributed by atoms with Crippen molar-refractivity contribution in [1.82, 2.24) is 0 Å². The Labute approximate surface area is 164 Å². The van der Waals surface area contributed by atoms with Crippen LogP contribution in [0, 0.1) is 0 Å². The third-order valence-corrected chi connectivity index (χ3v) is 4.18. The third kappa shape index (κ3) is 5.90. The van der Waals surface area contributed by atoms with E-state index >= 15 is 0 Å². The van der Waals surface area contributed by atoms with Crippen LogP contribution in [0.1, 0.15) is 23.7 Å². The number of carbonyl (C=O) groups is 2. The van der Waals surface area contributed by atoms with Crippen molar-refractivity contribution in [3.05, 3.63) is 53.6 Å². The van der Waals surface area contributed by atoms with Crippen molar-refractivity contribution in [3.8, 4) is 17.2 Å². The molecule has 1 atom stereocenters. The van der Waals surface area contributed by atoms with Gasteiger partial charge in [0.1, 0.15) is 11.9 Å². The number of benzene rings is 2. The summed E-state index contributed by atoms with van der Waals surface area (Å²) in [6, 6.07) is 12.8. The molecule has 0 aliphatic carbocycles. The van der Waals surface area contributed by atoms with E-state index in [1.54, 1.807) is 32.4 Å². The van der Waals surface area contributed by atoms with Crippen molar-refractivity contribution in [2.75, 3.05) is 27.9 Å². The van der Waals surface area contributed by atoms with Crippen LogP contribution in [-0.2, 0) is 25.5 Å². The number of esters is 1. The van der Waals surface area contributed by atoms with Crippen LogP contribution in [0.3, 0.4) is 0 Å². The van der Waals surface area contributed by atoms with Gasteiger partial charge in [-0.05, 0) is 48.2 Å². The summed E-state index contributed by atoms with van der Waals surface area (Å²) < 4.78 is 25.8. The second kappa shape index (κ2) is 10.8. The second-order valence-corrected chi connectivity index (χ2v) is 5.89. The fourth-order valence-electron chi connectivity index (χ4n) is 2.72. The highest BCUT2D eigenvalue weighted by atomic mass is 16.6. The van der Waals surface area contributed by atoms with Crippen LogP contribution < -0.4 is 14.2 Å². The number of methoxy groups -OCH3 is 3. The van der Waals surface area contributed by atoms with Crippen molar-refractivity contribution in [2.45, 2.75) is 18.9 Å². The number of hydrogen-bond donors (Lipinski definition) is 0. The second-order valence-electron chi connectivity index (χ2n) is 5.89. The van der Waals surface area contributed by atoms with Crippen molar-refractivity contribution < 1.29 is 33.3 Å². The molecule has 7 heteroatoms. The molecule has 0 unspecified atom stereocenters. The van der Waals surface area contributed by atoms with Gasteiger partial charge < -0.3 is 23.7 Å². The van der Waals surface area contributed by atoms with Gasteiger partial charge in [0.15, 0.2) is 18.1 Å². The van der Waals surface area contributed by atoms with Crippen LogP contribution in [0.2, 0.25) is 0 Å². The Balaban J connectivity index is 2.08. The number of aryl methyl sites for hydroxylation is 1. The first-order valence-electron chi connectivity index (χ1n) is 8.70. The van der Waals surface area contributed by atoms with Gasteiger partial charge >= 0.3 is 5.97 Å². The van der Waals surface area contributed by atoms with Crippen molar-refractivity contribution >= 4 is 12.4 Å². The molecule has 0 spiro atoms. The lowest BCUT2D eigenvalue weighted by Gasteiger charge is -2.17. The van der Waals surface area contributed by atoms with Gasteiger partial charge in [0.25, 0.3) is 6.47 Å². The first-order chi connectivity index (χ1) is 13.6. The summed E-state index contributed by atoms with van der Waals surface area (Å²) in [4.78, 5) is 22.2. The topological polar surface area (TPSA) is 80.3 Å². The Morgan fingerprint density at radius 2 is 1.82 bits per heavy atom. The van der Waals surface area contributed by atoms with Crippen molar-refractivity contribution in [1.29, 1.82) is 0 Å². The minimum absolute atomic E-state index is 0.190. The Bertz CT molecular complexity index is 788. The molecule has 0 aromatic heterocycles. The van der Waals surface area contributed by atoms with Gasteiger partial charge in [0.05, 0.1) is 21.3 Å². The van der Waals surface area contributed by atoms with E-state index in [9.17, 15) is 9.59 Å². The Morgan fingerprint density at radius 3 is 2.50 bits per heavy atom. The van der Waals surface area contributed by atoms with Gasteiger partial charge in [-0.1, -0.05) is 18.2 Å². The SMILES string of the molecule is COC(=O)COc1cccc([C@@H](CCc2ccc(OC)c(OC)c2)OC=O)c1. The summed E-state index contributed by atoms with van der Waals surface area (Å²) in [5.41, 5.74) is 1.80. The maximum Gasteiger partial charge on any atom is 0.343 e. The lowest BCUT2D eigenvalue weighted by atomic mass is 10.0. The zero-order chi connectivity index (χ0) is 20.4. The molecule has 0 radical (unpaired) electrons. The molecule has 7 nitrogen and oxygen atoms in total. The van der Waals surface area contributed by atoms with Gasteiger partial charge in [0, 0.05) is 0 Å². The normalized spacial score (nSPS) is 11.2. The first kappa shape index (κ1) is 21.1. The monoisotopic (exact) mass is 388 g/mol. The molecule has 0 saturated heterocycles. The maximum atomic E-state index is 11.2. The minimum atomic E-state index is -0.473. The molecule has 2 aromatic rings. The summed E-state index contributed by atoms with van der Waals surface area (Å²) in [5, 5.41) is 0. The molecule has 28 heavy (non-hydrogen) atoms. The lowest BCUT2D eigenvalue weighted by molar-refractivity contribution is -0.142. The fraction of sp³-hybridized carbons (Fsp3) is 0.333. The largest absolute Gasteiger partial charge is 0.493 e. The Morgan fingerprint density at radius 1 is 1.04 bits per heavy atom. The molecule has 0 bridgehead atoms. The predicted molar refractivity (Wildman–Crippen MR) is 102 cm³/mol. The maximum absolute atomic E-state index is 11.2. The quantitative estimate of drug-likeness (QED) is 0.432. The van der Waals surface area contributed by atoms with Crippen LogP contribution in [0.4, 0.5) is 0 Å². The van der Waals surface area contributed by atoms with Gasteiger partial charge in [-0.2, -0.15) is 0 Å². The molecule has 2 aromatic carbocycles. The van der Waals surface area contributed by atoms with E-state index in [2.05, 4.69) is 4.74 Å². The van der Waals surface area contributed by atoms with Gasteiger partial charge in [0.2, 0.25) is 0 Å². The number of carbonyl (C=O) groups excluding carboxylic acids is 2. The number of ether oxygens (including phenoxy) is 5. The average Bonchev–Trinajstić information content (AvgIpc) is 2.74. The highest BCUT2D eigenvalue weighted by Gasteiger charge is 2.15. The summed E-state index contributed by atoms with van der Waals surface area (Å²) in [5.74, 6) is 1.32. The first-order valence-corrected chi connectivity index (χ1v) is 8.70. The van der Waals surface area contributed by atoms with Crippen molar-refractivity contribution in [2.24, 2.45) is 0 Å². The van der Waals surface area contributed by atoms with Crippen molar-refractivity contribution in [3.63, 3.8) is 0 Å². The van der Waals surface area contributed by atoms with Gasteiger partial charge in [-0.15, -0.1) is 0 Å². The summed E-state index contributed by atoms with van der Waals surface area (Å²) >= 11 is 0. The van der Waals surface area contributed by atoms with Crippen LogP contribution in [-0.4, -0.2) is 40.4 Å². The molecule has 0 N–H and O–H groups in total. The predicted octanol–water partition coefficient (Wildman–Crippen LogP) is 3.10. The van der Waals surface area contributed by atoms with E-state index < -0.39 is 12.1 Å². The molecule has 0 fully saturated rings. The smallest absolute Gasteiger partial charge is 0.343 e.